The first-order chi connectivity index (χ1) is 15.0. The lowest BCUT2D eigenvalue weighted by molar-refractivity contribution is -0.422. The fourth-order valence-electron chi connectivity index (χ4n) is 2.46. The van der Waals surface area contributed by atoms with Gasteiger partial charge in [-0.1, -0.05) is 36.9 Å². The Kier molecular flexibility index (Phi) is 7.80. The summed E-state index contributed by atoms with van der Waals surface area (Å²) in [6.07, 6.45) is -4.30. The lowest BCUT2D eigenvalue weighted by atomic mass is 9.86. The number of halogens is 12. The number of allylic oxidation sites excluding steroid dienone is 1. The van der Waals surface area contributed by atoms with Crippen LogP contribution in [-0.4, -0.2) is 52.2 Å². The molecule has 194 valence electrons. The van der Waals surface area contributed by atoms with E-state index < -0.39 is 66.2 Å². The monoisotopic (exact) mass is 520 g/mol. The number of carbonyl (C=O) groups excluding carboxylic acids is 1. The van der Waals surface area contributed by atoms with E-state index in [0.29, 0.717) is 0 Å². The van der Waals surface area contributed by atoms with Gasteiger partial charge >= 0.3 is 41.5 Å². The SMILES string of the molecule is C=CC(F)(F)C(F)(F)C(F)(F)C(F)(F)C(F)(F)C(F)(F)CC(C)(O)C(=O)OCc1ccccc1. The molecule has 1 atom stereocenters. The van der Waals surface area contributed by atoms with Gasteiger partial charge in [0.15, 0.2) is 5.60 Å². The maximum absolute atomic E-state index is 14.0. The molecule has 34 heavy (non-hydrogen) atoms. The standard InChI is InChI=1S/C19H16F12O3/c1-3-14(20,21)16(24,25)18(28,29)19(30,31)17(26,27)15(22,23)10-13(2,33)12(32)34-9-11-7-5-4-6-8-11/h3-8,33H,1,9-10H2,2H3. The van der Waals surface area contributed by atoms with Crippen molar-refractivity contribution in [3.8, 4) is 0 Å². The lowest BCUT2D eigenvalue weighted by Gasteiger charge is -2.41. The third-order valence-corrected chi connectivity index (χ3v) is 4.54. The van der Waals surface area contributed by atoms with Crippen LogP contribution in [0.2, 0.25) is 0 Å². The zero-order valence-electron chi connectivity index (χ0n) is 16.9. The predicted octanol–water partition coefficient (Wildman–Crippen LogP) is 5.87. The molecule has 0 saturated carbocycles. The summed E-state index contributed by atoms with van der Waals surface area (Å²) in [4.78, 5) is 11.8. The first-order valence-electron chi connectivity index (χ1n) is 8.86. The summed E-state index contributed by atoms with van der Waals surface area (Å²) < 4.78 is 168. The van der Waals surface area contributed by atoms with Gasteiger partial charge in [-0.2, -0.15) is 52.7 Å². The van der Waals surface area contributed by atoms with Crippen LogP contribution in [0.15, 0.2) is 43.0 Å². The summed E-state index contributed by atoms with van der Waals surface area (Å²) in [5, 5.41) is 9.75. The number of ether oxygens (including phenoxy) is 1. The highest BCUT2D eigenvalue weighted by Gasteiger charge is 2.89. The molecule has 0 spiro atoms. The summed E-state index contributed by atoms with van der Waals surface area (Å²) in [6, 6.07) is 7.00. The minimum Gasteiger partial charge on any atom is -0.459 e. The van der Waals surface area contributed by atoms with E-state index in [1.165, 1.54) is 30.3 Å². The molecular formula is C19H16F12O3. The van der Waals surface area contributed by atoms with Crippen molar-refractivity contribution in [1.82, 2.24) is 0 Å². The van der Waals surface area contributed by atoms with E-state index in [4.69, 9.17) is 0 Å². The molecule has 15 heteroatoms. The van der Waals surface area contributed by atoms with Crippen molar-refractivity contribution in [2.24, 2.45) is 0 Å². The van der Waals surface area contributed by atoms with Crippen LogP contribution in [-0.2, 0) is 16.1 Å². The van der Waals surface area contributed by atoms with Crippen LogP contribution in [0, 0.1) is 0 Å². The van der Waals surface area contributed by atoms with Gasteiger partial charge < -0.3 is 9.84 Å². The molecular weight excluding hydrogens is 504 g/mol. The van der Waals surface area contributed by atoms with E-state index in [1.54, 1.807) is 0 Å². The van der Waals surface area contributed by atoms with E-state index >= 15 is 0 Å². The van der Waals surface area contributed by atoms with Crippen molar-refractivity contribution in [2.45, 2.75) is 61.1 Å². The maximum atomic E-state index is 14.0. The Morgan fingerprint density at radius 3 is 1.74 bits per heavy atom. The molecule has 3 nitrogen and oxygen atoms in total. The number of alkyl halides is 12. The highest BCUT2D eigenvalue weighted by atomic mass is 19.4. The van der Waals surface area contributed by atoms with Crippen molar-refractivity contribution < 1.29 is 67.3 Å². The van der Waals surface area contributed by atoms with Crippen molar-refractivity contribution in [2.75, 3.05) is 0 Å². The van der Waals surface area contributed by atoms with Gasteiger partial charge in [0, 0.05) is 0 Å². The molecule has 0 bridgehead atoms. The number of hydrogen-bond acceptors (Lipinski definition) is 3. The van der Waals surface area contributed by atoms with Gasteiger partial charge in [0.25, 0.3) is 0 Å². The molecule has 1 N–H and O–H groups in total. The van der Waals surface area contributed by atoms with Crippen molar-refractivity contribution >= 4 is 5.97 Å². The summed E-state index contributed by atoms with van der Waals surface area (Å²) >= 11 is 0. The highest BCUT2D eigenvalue weighted by molar-refractivity contribution is 5.78. The van der Waals surface area contributed by atoms with Gasteiger partial charge in [0.1, 0.15) is 6.61 Å². The molecule has 1 unspecified atom stereocenters. The van der Waals surface area contributed by atoms with Gasteiger partial charge in [-0.05, 0) is 18.6 Å². The van der Waals surface area contributed by atoms with E-state index in [1.807, 2.05) is 6.58 Å². The molecule has 0 fully saturated rings. The number of carbonyl (C=O) groups is 1. The molecule has 0 saturated heterocycles. The minimum absolute atomic E-state index is 0.0705. The van der Waals surface area contributed by atoms with Crippen molar-refractivity contribution in [1.29, 1.82) is 0 Å². The lowest BCUT2D eigenvalue weighted by Crippen LogP contribution is -2.71. The Morgan fingerprint density at radius 1 is 0.853 bits per heavy atom. The third kappa shape index (κ3) is 4.84. The van der Waals surface area contributed by atoms with Crippen LogP contribution in [0.3, 0.4) is 0 Å². The van der Waals surface area contributed by atoms with Crippen LogP contribution in [0.25, 0.3) is 0 Å². The Balaban J connectivity index is 3.25. The molecule has 1 aromatic rings. The summed E-state index contributed by atoms with van der Waals surface area (Å²) in [5.41, 5.74) is -3.54. The van der Waals surface area contributed by atoms with E-state index in [9.17, 15) is 62.6 Å². The number of esters is 1. The second kappa shape index (κ2) is 8.96. The average molecular weight is 520 g/mol. The first kappa shape index (κ1) is 29.6. The van der Waals surface area contributed by atoms with E-state index in [2.05, 4.69) is 4.74 Å². The minimum atomic E-state index is -7.82. The van der Waals surface area contributed by atoms with Crippen molar-refractivity contribution in [3.63, 3.8) is 0 Å². The zero-order valence-corrected chi connectivity index (χ0v) is 16.9. The van der Waals surface area contributed by atoms with Crippen LogP contribution < -0.4 is 0 Å². The van der Waals surface area contributed by atoms with Gasteiger partial charge in [-0.25, -0.2) is 4.79 Å². The van der Waals surface area contributed by atoms with Gasteiger partial charge in [-0.15, -0.1) is 0 Å². The summed E-state index contributed by atoms with van der Waals surface area (Å²) in [5.74, 6) is -45.2. The molecule has 0 aromatic heterocycles. The highest BCUT2D eigenvalue weighted by Crippen LogP contribution is 2.61. The summed E-state index contributed by atoms with van der Waals surface area (Å²) in [6.45, 7) is 1.33. The van der Waals surface area contributed by atoms with Crippen molar-refractivity contribution in [3.05, 3.63) is 48.6 Å². The van der Waals surface area contributed by atoms with E-state index in [-0.39, 0.29) is 12.5 Å². The van der Waals surface area contributed by atoms with Gasteiger partial charge in [-0.3, -0.25) is 0 Å². The van der Waals surface area contributed by atoms with Crippen LogP contribution in [0.5, 0.6) is 0 Å². The quantitative estimate of drug-likeness (QED) is 0.226. The van der Waals surface area contributed by atoms with Gasteiger partial charge in [0.2, 0.25) is 0 Å². The summed E-state index contributed by atoms with van der Waals surface area (Å²) in [7, 11) is 0. The zero-order chi connectivity index (χ0) is 27.0. The van der Waals surface area contributed by atoms with Crippen LogP contribution in [0.1, 0.15) is 18.9 Å². The maximum Gasteiger partial charge on any atom is 0.385 e. The number of hydrogen-bond donors (Lipinski definition) is 1. The van der Waals surface area contributed by atoms with Crippen LogP contribution in [0.4, 0.5) is 52.7 Å². The topological polar surface area (TPSA) is 46.5 Å². The molecule has 0 aliphatic heterocycles. The fraction of sp³-hybridized carbons (Fsp3) is 0.526. The smallest absolute Gasteiger partial charge is 0.385 e. The molecule has 1 rings (SSSR count). The number of aliphatic hydroxyl groups is 1. The molecule has 1 aromatic carbocycles. The fourth-order valence-corrected chi connectivity index (χ4v) is 2.46. The Bertz CT molecular complexity index is 882. The van der Waals surface area contributed by atoms with Crippen LogP contribution >= 0.6 is 0 Å². The first-order valence-corrected chi connectivity index (χ1v) is 8.86. The molecule has 0 heterocycles. The molecule has 0 aliphatic carbocycles. The predicted molar refractivity (Wildman–Crippen MR) is 91.4 cm³/mol. The third-order valence-electron chi connectivity index (χ3n) is 4.54. The number of benzene rings is 1. The number of rotatable bonds is 11. The largest absolute Gasteiger partial charge is 0.459 e. The average Bonchev–Trinajstić information content (AvgIpc) is 2.71. The Morgan fingerprint density at radius 2 is 1.29 bits per heavy atom. The Labute approximate surface area is 184 Å². The van der Waals surface area contributed by atoms with E-state index in [0.717, 1.165) is 0 Å². The second-order valence-electron chi connectivity index (χ2n) is 7.34. The van der Waals surface area contributed by atoms with Gasteiger partial charge in [0.05, 0.1) is 6.42 Å². The molecule has 0 aliphatic rings. The molecule has 0 radical (unpaired) electrons. The molecule has 0 amide bonds. The Hall–Kier alpha value is -2.45. The second-order valence-corrected chi connectivity index (χ2v) is 7.34. The normalized spacial score (nSPS) is 16.1.